The number of likely N-dealkylation sites (tertiary alicyclic amines) is 1. The Balaban J connectivity index is 1.66. The average molecular weight is 437 g/mol. The van der Waals surface area contributed by atoms with E-state index >= 15 is 0 Å². The molecule has 3 heterocycles. The van der Waals surface area contributed by atoms with Crippen LogP contribution in [0.4, 0.5) is 10.1 Å². The van der Waals surface area contributed by atoms with Gasteiger partial charge in [0.2, 0.25) is 17.7 Å². The molecular weight excluding hydrogens is 413 g/mol. The monoisotopic (exact) mass is 437 g/mol. The number of phenolic OH excluding ortho intramolecular Hbond substituents is 1. The van der Waals surface area contributed by atoms with Gasteiger partial charge in [-0.2, -0.15) is 0 Å². The number of hydrogen-bond acceptors (Lipinski definition) is 5. The molecule has 3 aliphatic heterocycles. The van der Waals surface area contributed by atoms with Crippen molar-refractivity contribution >= 4 is 23.4 Å². The van der Waals surface area contributed by atoms with Gasteiger partial charge in [0.15, 0.2) is 0 Å². The second kappa shape index (κ2) is 6.62. The lowest BCUT2D eigenvalue weighted by Crippen LogP contribution is -2.56. The number of aromatic hydroxyl groups is 1. The third-order valence-electron chi connectivity index (χ3n) is 6.74. The number of nitrogens with zero attached hydrogens (tertiary/aromatic N) is 1. The molecule has 0 bridgehead atoms. The number of carbonyl (C=O) groups excluding carboxylic acids is 3. The molecule has 4 atom stereocenters. The van der Waals surface area contributed by atoms with Crippen molar-refractivity contribution in [1.82, 2.24) is 10.2 Å². The number of carbonyl (C=O) groups is 3. The summed E-state index contributed by atoms with van der Waals surface area (Å²) in [7, 11) is 0. The van der Waals surface area contributed by atoms with Crippen molar-refractivity contribution in [1.29, 1.82) is 0 Å². The number of rotatable bonds is 2. The highest BCUT2D eigenvalue weighted by molar-refractivity contribution is 6.15. The molecule has 2 saturated heterocycles. The summed E-state index contributed by atoms with van der Waals surface area (Å²) in [6.45, 7) is 5.34. The van der Waals surface area contributed by atoms with Crippen LogP contribution in [-0.2, 0) is 26.3 Å². The minimum absolute atomic E-state index is 0.119. The largest absolute Gasteiger partial charge is 0.508 e. The van der Waals surface area contributed by atoms with Gasteiger partial charge < -0.3 is 10.4 Å². The van der Waals surface area contributed by atoms with Gasteiger partial charge in [-0.25, -0.2) is 4.39 Å². The van der Waals surface area contributed by atoms with Crippen LogP contribution in [0.3, 0.4) is 0 Å². The predicted octanol–water partition coefficient (Wildman–Crippen LogP) is 2.29. The summed E-state index contributed by atoms with van der Waals surface area (Å²) in [4.78, 5) is 41.8. The quantitative estimate of drug-likeness (QED) is 0.627. The molecule has 7 nitrogen and oxygen atoms in total. The summed E-state index contributed by atoms with van der Waals surface area (Å²) >= 11 is 0. The Morgan fingerprint density at radius 2 is 1.75 bits per heavy atom. The lowest BCUT2D eigenvalue weighted by molar-refractivity contribution is -0.147. The Morgan fingerprint density at radius 1 is 1.06 bits per heavy atom. The number of nitrogens with one attached hydrogen (secondary N) is 2. The topological polar surface area (TPSA) is 98.7 Å². The second-order valence-corrected chi connectivity index (χ2v) is 9.76. The number of anilines is 1. The van der Waals surface area contributed by atoms with Crippen LogP contribution in [-0.4, -0.2) is 39.3 Å². The van der Waals surface area contributed by atoms with Crippen molar-refractivity contribution in [2.45, 2.75) is 44.3 Å². The average Bonchev–Trinajstić information content (AvgIpc) is 3.28. The first-order valence-corrected chi connectivity index (χ1v) is 10.6. The molecule has 2 aromatic carbocycles. The standard InChI is InChI=1S/C24H24FN3O4/c1-23(2,3)28-20(30)18-17(10-12-4-7-14(29)8-5-12)27-24(19(18)21(28)31)15-11-13(25)6-9-16(15)26-22(24)32/h4-9,11,17-19,27,29H,10H2,1-3H3,(H,26,32)/t17-,18-,19+,24-/m1/s1. The Bertz CT molecular complexity index is 1160. The molecule has 0 aromatic heterocycles. The highest BCUT2D eigenvalue weighted by Gasteiger charge is 2.71. The number of hydrogen-bond donors (Lipinski definition) is 3. The van der Waals surface area contributed by atoms with E-state index in [1.807, 2.05) is 0 Å². The fourth-order valence-electron chi connectivity index (χ4n) is 5.50. The number of amides is 3. The van der Waals surface area contributed by atoms with Crippen LogP contribution in [0.5, 0.6) is 5.75 Å². The van der Waals surface area contributed by atoms with Crippen LogP contribution in [0, 0.1) is 17.7 Å². The van der Waals surface area contributed by atoms with Gasteiger partial charge >= 0.3 is 0 Å². The lowest BCUT2D eigenvalue weighted by atomic mass is 9.76. The zero-order valence-electron chi connectivity index (χ0n) is 18.0. The highest BCUT2D eigenvalue weighted by atomic mass is 19.1. The van der Waals surface area contributed by atoms with Crippen molar-refractivity contribution in [2.75, 3.05) is 5.32 Å². The normalized spacial score (nSPS) is 28.9. The molecule has 0 radical (unpaired) electrons. The van der Waals surface area contributed by atoms with Gasteiger partial charge in [0, 0.05) is 22.8 Å². The minimum Gasteiger partial charge on any atom is -0.508 e. The van der Waals surface area contributed by atoms with Crippen LogP contribution >= 0.6 is 0 Å². The highest BCUT2D eigenvalue weighted by Crippen LogP contribution is 2.54. The molecule has 5 rings (SSSR count). The zero-order valence-corrected chi connectivity index (χ0v) is 18.0. The molecule has 3 N–H and O–H groups in total. The van der Waals surface area contributed by atoms with E-state index in [-0.39, 0.29) is 11.7 Å². The smallest absolute Gasteiger partial charge is 0.250 e. The number of fused-ring (bicyclic) bond motifs is 4. The SMILES string of the molecule is CC(C)(C)N1C(=O)[C@H]2[C@@H](C1=O)[C@@]1(N[C@@H]2Cc2ccc(O)cc2)C(=O)Nc2ccc(F)cc21. The molecule has 2 fully saturated rings. The Hall–Kier alpha value is -3.26. The first kappa shape index (κ1) is 20.6. The van der Waals surface area contributed by atoms with Crippen LogP contribution in [0.1, 0.15) is 31.9 Å². The molecular formula is C24H24FN3O4. The molecule has 0 saturated carbocycles. The van der Waals surface area contributed by atoms with Gasteiger partial charge in [0.1, 0.15) is 17.1 Å². The number of imide groups is 1. The van der Waals surface area contributed by atoms with Crippen molar-refractivity contribution in [3.8, 4) is 5.75 Å². The molecule has 32 heavy (non-hydrogen) atoms. The maximum absolute atomic E-state index is 14.2. The van der Waals surface area contributed by atoms with Gasteiger partial charge in [0.25, 0.3) is 0 Å². The maximum Gasteiger partial charge on any atom is 0.250 e. The molecule has 0 aliphatic carbocycles. The molecule has 8 heteroatoms. The third-order valence-corrected chi connectivity index (χ3v) is 6.74. The summed E-state index contributed by atoms with van der Waals surface area (Å²) in [6.07, 6.45) is 0.359. The van der Waals surface area contributed by atoms with Crippen LogP contribution in [0.2, 0.25) is 0 Å². The van der Waals surface area contributed by atoms with Gasteiger partial charge in [0.05, 0.1) is 11.8 Å². The van der Waals surface area contributed by atoms with E-state index in [4.69, 9.17) is 0 Å². The first-order chi connectivity index (χ1) is 15.0. The zero-order chi connectivity index (χ0) is 23.0. The van der Waals surface area contributed by atoms with Crippen LogP contribution < -0.4 is 10.6 Å². The summed E-state index contributed by atoms with van der Waals surface area (Å²) in [5.41, 5.74) is -0.674. The molecule has 1 spiro atoms. The Kier molecular flexibility index (Phi) is 4.27. The van der Waals surface area contributed by atoms with Gasteiger partial charge in [-0.05, 0) is 63.1 Å². The Morgan fingerprint density at radius 3 is 2.41 bits per heavy atom. The van der Waals surface area contributed by atoms with E-state index in [9.17, 15) is 23.9 Å². The van der Waals surface area contributed by atoms with Crippen molar-refractivity contribution < 1.29 is 23.9 Å². The predicted molar refractivity (Wildman–Crippen MR) is 114 cm³/mol. The Labute approximate surface area is 184 Å². The molecule has 3 aliphatic rings. The molecule has 0 unspecified atom stereocenters. The van der Waals surface area contributed by atoms with Gasteiger partial charge in [-0.15, -0.1) is 0 Å². The van der Waals surface area contributed by atoms with Gasteiger partial charge in [-0.3, -0.25) is 24.6 Å². The summed E-state index contributed by atoms with van der Waals surface area (Å²) in [5.74, 6) is -3.40. The van der Waals surface area contributed by atoms with Crippen LogP contribution in [0.15, 0.2) is 42.5 Å². The van der Waals surface area contributed by atoms with E-state index in [2.05, 4.69) is 10.6 Å². The number of benzene rings is 2. The van der Waals surface area contributed by atoms with E-state index in [0.29, 0.717) is 17.7 Å². The van der Waals surface area contributed by atoms with E-state index < -0.39 is 46.6 Å². The number of halogens is 1. The van der Waals surface area contributed by atoms with E-state index in [0.717, 1.165) is 5.56 Å². The maximum atomic E-state index is 14.2. The van der Waals surface area contributed by atoms with Crippen molar-refractivity contribution in [3.05, 3.63) is 59.4 Å². The molecule has 166 valence electrons. The molecule has 3 amide bonds. The van der Waals surface area contributed by atoms with Crippen molar-refractivity contribution in [3.63, 3.8) is 0 Å². The fraction of sp³-hybridized carbons (Fsp3) is 0.375. The summed E-state index contributed by atoms with van der Waals surface area (Å²) < 4.78 is 14.2. The minimum atomic E-state index is -1.53. The lowest BCUT2D eigenvalue weighted by Gasteiger charge is -2.34. The first-order valence-electron chi connectivity index (χ1n) is 10.6. The van der Waals surface area contributed by atoms with Gasteiger partial charge in [-0.1, -0.05) is 12.1 Å². The van der Waals surface area contributed by atoms with E-state index in [1.165, 1.54) is 23.1 Å². The second-order valence-electron chi connectivity index (χ2n) is 9.76. The fourth-order valence-corrected chi connectivity index (χ4v) is 5.50. The third kappa shape index (κ3) is 2.72. The van der Waals surface area contributed by atoms with Crippen molar-refractivity contribution in [2.24, 2.45) is 11.8 Å². The summed E-state index contributed by atoms with van der Waals surface area (Å²) in [5, 5.41) is 15.7. The van der Waals surface area contributed by atoms with E-state index in [1.54, 1.807) is 45.0 Å². The number of phenols is 1. The van der Waals surface area contributed by atoms with Crippen LogP contribution in [0.25, 0.3) is 0 Å². The summed E-state index contributed by atoms with van der Waals surface area (Å²) in [6, 6.07) is 10.0. The molecule has 2 aromatic rings.